The van der Waals surface area contributed by atoms with Crippen LogP contribution in [-0.4, -0.2) is 26.1 Å². The van der Waals surface area contributed by atoms with Gasteiger partial charge in [-0.1, -0.05) is 78.9 Å². The van der Waals surface area contributed by atoms with Crippen molar-refractivity contribution in [2.75, 3.05) is 0 Å². The van der Waals surface area contributed by atoms with Gasteiger partial charge in [0.15, 0.2) is 11.7 Å². The molecule has 3 aromatic carbocycles. The topological polar surface area (TPSA) is 67.5 Å². The first-order valence-electron chi connectivity index (χ1n) is 9.94. The van der Waals surface area contributed by atoms with E-state index < -0.39 is 17.8 Å². The number of fused-ring (bicyclic) bond motifs is 1. The number of hydrogen-bond donors (Lipinski definition) is 2. The lowest BCUT2D eigenvalue weighted by Crippen LogP contribution is -2.49. The second-order valence-corrected chi connectivity index (χ2v) is 7.54. The molecule has 3 atom stereocenters. The Morgan fingerprint density at radius 2 is 1.43 bits per heavy atom. The summed E-state index contributed by atoms with van der Waals surface area (Å²) in [4.78, 5) is 0. The highest BCUT2D eigenvalue weighted by molar-refractivity contribution is 5.52. The van der Waals surface area contributed by atoms with E-state index in [0.717, 1.165) is 11.3 Å². The molecule has 4 aromatic rings. The molecule has 30 heavy (non-hydrogen) atoms. The molecule has 0 bridgehead atoms. The van der Waals surface area contributed by atoms with Crippen LogP contribution in [0.4, 0.5) is 0 Å². The highest BCUT2D eigenvalue weighted by Gasteiger charge is 2.53. The van der Waals surface area contributed by atoms with Gasteiger partial charge in [0, 0.05) is 0 Å². The van der Waals surface area contributed by atoms with Crippen LogP contribution >= 0.6 is 0 Å². The molecule has 0 aliphatic carbocycles. The molecule has 0 amide bonds. The third-order valence-corrected chi connectivity index (χ3v) is 5.70. The molecule has 1 aliphatic rings. The van der Waals surface area contributed by atoms with Crippen LogP contribution in [-0.2, 0) is 5.60 Å². The van der Waals surface area contributed by atoms with Crippen molar-refractivity contribution >= 4 is 0 Å². The van der Waals surface area contributed by atoms with Crippen LogP contribution < -0.4 is 4.74 Å². The van der Waals surface area contributed by atoms with Crippen LogP contribution in [0.5, 0.6) is 5.88 Å². The quantitative estimate of drug-likeness (QED) is 0.549. The Bertz CT molecular complexity index is 1160. The van der Waals surface area contributed by atoms with Crippen molar-refractivity contribution in [3.63, 3.8) is 0 Å². The normalized spacial score (nSPS) is 22.9. The smallest absolute Gasteiger partial charge is 0.224 e. The minimum Gasteiger partial charge on any atom is -0.466 e. The first-order chi connectivity index (χ1) is 14.6. The Hall–Kier alpha value is -3.41. The average molecular weight is 398 g/mol. The fourth-order valence-electron chi connectivity index (χ4n) is 4.25. The summed E-state index contributed by atoms with van der Waals surface area (Å²) in [5, 5.41) is 28.2. The maximum absolute atomic E-state index is 12.1. The predicted molar refractivity (Wildman–Crippen MR) is 114 cm³/mol. The van der Waals surface area contributed by atoms with Crippen molar-refractivity contribution in [3.05, 3.63) is 113 Å². The van der Waals surface area contributed by atoms with Crippen LogP contribution in [0, 0.1) is 6.92 Å². The van der Waals surface area contributed by atoms with E-state index in [0.29, 0.717) is 22.7 Å². The van der Waals surface area contributed by atoms with E-state index in [4.69, 9.17) is 4.74 Å². The summed E-state index contributed by atoms with van der Waals surface area (Å²) in [6.45, 7) is 1.82. The first-order valence-corrected chi connectivity index (χ1v) is 9.94. The standard InChI is InChI=1S/C25H22N2O3/c1-17-21-24(27(26-17)20-15-9-4-10-16-20)30-22(18-11-5-2-6-12-18)23(28)25(21,29)19-13-7-3-8-14-19/h2-16,22-23,28-29H,1H3. The number of ether oxygens (including phenoxy) is 1. The fraction of sp³-hybridized carbons (Fsp3) is 0.160. The predicted octanol–water partition coefficient (Wildman–Crippen LogP) is 3.91. The maximum Gasteiger partial charge on any atom is 0.224 e. The molecule has 0 saturated heterocycles. The molecular weight excluding hydrogens is 376 g/mol. The number of benzene rings is 3. The highest BCUT2D eigenvalue weighted by Crippen LogP contribution is 2.50. The van der Waals surface area contributed by atoms with E-state index >= 15 is 0 Å². The fourth-order valence-corrected chi connectivity index (χ4v) is 4.25. The Morgan fingerprint density at radius 1 is 0.867 bits per heavy atom. The van der Waals surface area contributed by atoms with Crippen molar-refractivity contribution in [2.45, 2.75) is 24.7 Å². The Labute approximate surface area is 174 Å². The van der Waals surface area contributed by atoms with Crippen LogP contribution in [0.15, 0.2) is 91.0 Å². The monoisotopic (exact) mass is 398 g/mol. The van der Waals surface area contributed by atoms with E-state index in [-0.39, 0.29) is 0 Å². The second kappa shape index (κ2) is 7.13. The summed E-state index contributed by atoms with van der Waals surface area (Å²) in [7, 11) is 0. The first kappa shape index (κ1) is 18.6. The zero-order valence-electron chi connectivity index (χ0n) is 16.5. The van der Waals surface area contributed by atoms with Gasteiger partial charge >= 0.3 is 0 Å². The van der Waals surface area contributed by atoms with Crippen molar-refractivity contribution in [3.8, 4) is 11.6 Å². The number of aliphatic hydroxyl groups is 2. The number of hydrogen-bond acceptors (Lipinski definition) is 4. The van der Waals surface area contributed by atoms with Gasteiger partial charge in [0.1, 0.15) is 6.10 Å². The van der Waals surface area contributed by atoms with Crippen LogP contribution in [0.3, 0.4) is 0 Å². The average Bonchev–Trinajstić information content (AvgIpc) is 3.14. The highest BCUT2D eigenvalue weighted by atomic mass is 16.5. The van der Waals surface area contributed by atoms with E-state index in [9.17, 15) is 10.2 Å². The summed E-state index contributed by atoms with van der Waals surface area (Å²) >= 11 is 0. The van der Waals surface area contributed by atoms with E-state index in [1.165, 1.54) is 0 Å². The molecule has 150 valence electrons. The Morgan fingerprint density at radius 3 is 2.07 bits per heavy atom. The zero-order valence-corrected chi connectivity index (χ0v) is 16.5. The van der Waals surface area contributed by atoms with Gasteiger partial charge in [-0.25, -0.2) is 4.68 Å². The minimum atomic E-state index is -1.67. The summed E-state index contributed by atoms with van der Waals surface area (Å²) in [5.41, 5.74) is 1.61. The molecule has 5 rings (SSSR count). The maximum atomic E-state index is 12.1. The lowest BCUT2D eigenvalue weighted by atomic mass is 9.76. The number of para-hydroxylation sites is 1. The molecule has 1 aromatic heterocycles. The second-order valence-electron chi connectivity index (χ2n) is 7.54. The van der Waals surface area contributed by atoms with Crippen molar-refractivity contribution in [1.29, 1.82) is 0 Å². The number of aliphatic hydroxyl groups excluding tert-OH is 1. The van der Waals surface area contributed by atoms with Crippen molar-refractivity contribution in [2.24, 2.45) is 0 Å². The van der Waals surface area contributed by atoms with Crippen molar-refractivity contribution in [1.82, 2.24) is 9.78 Å². The van der Waals surface area contributed by atoms with Gasteiger partial charge in [-0.05, 0) is 30.2 Å². The molecule has 2 N–H and O–H groups in total. The Kier molecular flexibility index (Phi) is 4.42. The zero-order chi connectivity index (χ0) is 20.7. The van der Waals surface area contributed by atoms with Gasteiger partial charge in [0.2, 0.25) is 5.88 Å². The number of aryl methyl sites for hydroxylation is 1. The number of nitrogens with zero attached hydrogens (tertiary/aromatic N) is 2. The number of aromatic nitrogens is 2. The van der Waals surface area contributed by atoms with E-state index in [1.807, 2.05) is 97.9 Å². The van der Waals surface area contributed by atoms with Gasteiger partial charge < -0.3 is 14.9 Å². The molecule has 0 fully saturated rings. The molecule has 1 aliphatic heterocycles. The van der Waals surface area contributed by atoms with Crippen molar-refractivity contribution < 1.29 is 14.9 Å². The summed E-state index contributed by atoms with van der Waals surface area (Å²) in [6.07, 6.45) is -1.98. The molecular formula is C25H22N2O3. The van der Waals surface area contributed by atoms with Crippen LogP contribution in [0.2, 0.25) is 0 Å². The van der Waals surface area contributed by atoms with Gasteiger partial charge in [0.25, 0.3) is 0 Å². The van der Waals surface area contributed by atoms with E-state index in [1.54, 1.807) is 4.68 Å². The SMILES string of the molecule is Cc1nn(-c2ccccc2)c2c1C(O)(c1ccccc1)C(O)C(c1ccccc1)O2. The minimum absolute atomic E-state index is 0.434. The third kappa shape index (κ3) is 2.75. The van der Waals surface area contributed by atoms with Gasteiger partial charge in [-0.15, -0.1) is 0 Å². The van der Waals surface area contributed by atoms with Gasteiger partial charge in [-0.2, -0.15) is 5.10 Å². The number of rotatable bonds is 3. The summed E-state index contributed by atoms with van der Waals surface area (Å²) in [6, 6.07) is 28.3. The molecule has 2 heterocycles. The third-order valence-electron chi connectivity index (χ3n) is 5.70. The van der Waals surface area contributed by atoms with Gasteiger partial charge in [-0.3, -0.25) is 0 Å². The molecule has 0 spiro atoms. The molecule has 5 nitrogen and oxygen atoms in total. The lowest BCUT2D eigenvalue weighted by Gasteiger charge is -2.42. The molecule has 5 heteroatoms. The van der Waals surface area contributed by atoms with Gasteiger partial charge in [0.05, 0.1) is 16.9 Å². The Balaban J connectivity index is 1.77. The molecule has 3 unspecified atom stereocenters. The molecule has 0 saturated carbocycles. The summed E-state index contributed by atoms with van der Waals surface area (Å²) < 4.78 is 8.04. The lowest BCUT2D eigenvalue weighted by molar-refractivity contribution is -0.121. The van der Waals surface area contributed by atoms with E-state index in [2.05, 4.69) is 5.10 Å². The molecule has 0 radical (unpaired) electrons. The van der Waals surface area contributed by atoms with Crippen LogP contribution in [0.1, 0.15) is 28.5 Å². The van der Waals surface area contributed by atoms with Crippen LogP contribution in [0.25, 0.3) is 5.69 Å². The summed E-state index contributed by atoms with van der Waals surface area (Å²) in [5.74, 6) is 0.434. The largest absolute Gasteiger partial charge is 0.466 e.